The van der Waals surface area contributed by atoms with Gasteiger partial charge in [-0.25, -0.2) is 9.97 Å². The van der Waals surface area contributed by atoms with E-state index in [1.165, 1.54) is 0 Å². The van der Waals surface area contributed by atoms with Gasteiger partial charge in [0.05, 0.1) is 24.9 Å². The molecule has 25 heavy (non-hydrogen) atoms. The number of rotatable bonds is 3. The number of para-hydroxylation sites is 1. The molecule has 0 atom stereocenters. The van der Waals surface area contributed by atoms with E-state index in [-0.39, 0.29) is 0 Å². The molecule has 0 radical (unpaired) electrons. The molecule has 126 valence electrons. The van der Waals surface area contributed by atoms with Crippen LogP contribution in [0.15, 0.2) is 36.7 Å². The quantitative estimate of drug-likeness (QED) is 0.624. The Labute approximate surface area is 144 Å². The van der Waals surface area contributed by atoms with Gasteiger partial charge in [0, 0.05) is 36.7 Å². The molecule has 0 spiro atoms. The van der Waals surface area contributed by atoms with Gasteiger partial charge in [0.25, 0.3) is 0 Å². The molecule has 0 saturated carbocycles. The van der Waals surface area contributed by atoms with Crippen molar-refractivity contribution in [3.8, 4) is 0 Å². The van der Waals surface area contributed by atoms with E-state index in [0.717, 1.165) is 77.9 Å². The van der Waals surface area contributed by atoms with Gasteiger partial charge >= 0.3 is 0 Å². The smallest absolute Gasteiger partial charge is 0.157 e. The summed E-state index contributed by atoms with van der Waals surface area (Å²) in [6, 6.07) is 8.20. The number of hydrogen-bond acceptors (Lipinski definition) is 5. The largest absolute Gasteiger partial charge is 0.379 e. The molecule has 1 aliphatic heterocycles. The minimum atomic E-state index is 0.820. The lowest BCUT2D eigenvalue weighted by Gasteiger charge is -2.26. The highest BCUT2D eigenvalue weighted by atomic mass is 16.5. The molecule has 0 unspecified atom stereocenters. The van der Waals surface area contributed by atoms with E-state index in [9.17, 15) is 0 Å². The second-order valence-electron chi connectivity index (χ2n) is 6.46. The Bertz CT molecular complexity index is 1050. The van der Waals surface area contributed by atoms with Gasteiger partial charge in [0.2, 0.25) is 0 Å². The van der Waals surface area contributed by atoms with Gasteiger partial charge in [0.1, 0.15) is 11.0 Å². The predicted octanol–water partition coefficient (Wildman–Crippen LogP) is 2.53. The average molecular weight is 333 g/mol. The van der Waals surface area contributed by atoms with E-state index in [4.69, 9.17) is 14.7 Å². The average Bonchev–Trinajstić information content (AvgIpc) is 3.03. The number of H-pyrrole nitrogens is 1. The van der Waals surface area contributed by atoms with Gasteiger partial charge < -0.3 is 9.72 Å². The summed E-state index contributed by atoms with van der Waals surface area (Å²) in [6.45, 7) is 4.64. The van der Waals surface area contributed by atoms with Crippen molar-refractivity contribution in [2.24, 2.45) is 0 Å². The third-order valence-electron chi connectivity index (χ3n) is 4.89. The van der Waals surface area contributed by atoms with Crippen LogP contribution in [-0.2, 0) is 11.2 Å². The van der Waals surface area contributed by atoms with Crippen LogP contribution >= 0.6 is 0 Å². The second-order valence-corrected chi connectivity index (χ2v) is 6.46. The number of nitrogens with one attached hydrogen (secondary N) is 1. The third kappa shape index (κ3) is 2.63. The van der Waals surface area contributed by atoms with Gasteiger partial charge in [-0.05, 0) is 18.1 Å². The van der Waals surface area contributed by atoms with Crippen LogP contribution < -0.4 is 0 Å². The number of hydrogen-bond donors (Lipinski definition) is 1. The standard InChI is InChI=1S/C19H19N5O/c1-2-4-15-14(3-1)18-19(21-15)22-16-12-20-11-13(17(16)23-18)5-6-24-7-9-25-10-8-24/h1-4,11-12H,5-10H2,(H,21,22). The molecule has 1 aliphatic rings. The highest BCUT2D eigenvalue weighted by molar-refractivity contribution is 6.05. The lowest BCUT2D eigenvalue weighted by molar-refractivity contribution is 0.0385. The summed E-state index contributed by atoms with van der Waals surface area (Å²) in [5, 5.41) is 1.11. The lowest BCUT2D eigenvalue weighted by Crippen LogP contribution is -2.37. The van der Waals surface area contributed by atoms with Crippen LogP contribution in [0.4, 0.5) is 0 Å². The van der Waals surface area contributed by atoms with Crippen molar-refractivity contribution in [3.63, 3.8) is 0 Å². The van der Waals surface area contributed by atoms with Crippen molar-refractivity contribution in [1.82, 2.24) is 24.8 Å². The first kappa shape index (κ1) is 14.7. The molecule has 1 fully saturated rings. The zero-order valence-corrected chi connectivity index (χ0v) is 13.9. The Hall–Kier alpha value is -2.57. The molecule has 0 bridgehead atoms. The Morgan fingerprint density at radius 2 is 1.92 bits per heavy atom. The molecule has 6 nitrogen and oxygen atoms in total. The minimum absolute atomic E-state index is 0.820. The van der Waals surface area contributed by atoms with Crippen LogP contribution in [0.25, 0.3) is 33.1 Å². The molecule has 4 aromatic rings. The summed E-state index contributed by atoms with van der Waals surface area (Å²) in [5.74, 6) is 0. The van der Waals surface area contributed by atoms with E-state index >= 15 is 0 Å². The van der Waals surface area contributed by atoms with Gasteiger partial charge in [-0.2, -0.15) is 0 Å². The number of pyridine rings is 1. The number of aromatic nitrogens is 4. The van der Waals surface area contributed by atoms with Gasteiger partial charge in [-0.1, -0.05) is 18.2 Å². The van der Waals surface area contributed by atoms with E-state index in [2.05, 4.69) is 27.0 Å². The van der Waals surface area contributed by atoms with Crippen LogP contribution in [0.3, 0.4) is 0 Å². The van der Waals surface area contributed by atoms with Crippen LogP contribution in [0.5, 0.6) is 0 Å². The third-order valence-corrected chi connectivity index (χ3v) is 4.89. The van der Waals surface area contributed by atoms with Crippen LogP contribution in [-0.4, -0.2) is 57.7 Å². The molecule has 5 rings (SSSR count). The maximum atomic E-state index is 5.42. The summed E-state index contributed by atoms with van der Waals surface area (Å²) in [7, 11) is 0. The molecule has 1 N–H and O–H groups in total. The Morgan fingerprint density at radius 1 is 1.04 bits per heavy atom. The summed E-state index contributed by atoms with van der Waals surface area (Å²) in [4.78, 5) is 19.9. The minimum Gasteiger partial charge on any atom is -0.379 e. The molecule has 0 aliphatic carbocycles. The SMILES string of the molecule is c1ccc2c(c1)[nH]c1nc3cncc(CCN4CCOCC4)c3nc12. The number of nitrogens with zero attached hydrogens (tertiary/aromatic N) is 4. The van der Waals surface area contributed by atoms with Crippen molar-refractivity contribution in [2.45, 2.75) is 6.42 Å². The number of fused-ring (bicyclic) bond motifs is 4. The van der Waals surface area contributed by atoms with Crippen molar-refractivity contribution in [1.29, 1.82) is 0 Å². The Morgan fingerprint density at radius 3 is 2.84 bits per heavy atom. The summed E-state index contributed by atoms with van der Waals surface area (Å²) >= 11 is 0. The number of benzene rings is 1. The molecule has 1 saturated heterocycles. The first-order valence-electron chi connectivity index (χ1n) is 8.70. The lowest BCUT2D eigenvalue weighted by atomic mass is 10.1. The molecule has 0 amide bonds. The molecule has 3 aromatic heterocycles. The normalized spacial score (nSPS) is 16.2. The second kappa shape index (κ2) is 6.06. The summed E-state index contributed by atoms with van der Waals surface area (Å²) in [5.41, 5.74) is 5.78. The highest BCUT2D eigenvalue weighted by Crippen LogP contribution is 2.25. The first-order valence-corrected chi connectivity index (χ1v) is 8.70. The number of aromatic amines is 1. The first-order chi connectivity index (χ1) is 12.4. The fourth-order valence-electron chi connectivity index (χ4n) is 3.52. The summed E-state index contributed by atoms with van der Waals surface area (Å²) in [6.07, 6.45) is 4.65. The van der Waals surface area contributed by atoms with Gasteiger partial charge in [-0.3, -0.25) is 9.88 Å². The monoisotopic (exact) mass is 333 g/mol. The Balaban J connectivity index is 1.57. The fraction of sp³-hybridized carbons (Fsp3) is 0.316. The zero-order chi connectivity index (χ0) is 16.6. The van der Waals surface area contributed by atoms with Crippen molar-refractivity contribution in [3.05, 3.63) is 42.2 Å². The van der Waals surface area contributed by atoms with Crippen LogP contribution in [0, 0.1) is 0 Å². The topological polar surface area (TPSA) is 66.9 Å². The van der Waals surface area contributed by atoms with Crippen molar-refractivity contribution in [2.75, 3.05) is 32.8 Å². The summed E-state index contributed by atoms with van der Waals surface area (Å²) < 4.78 is 5.42. The van der Waals surface area contributed by atoms with Gasteiger partial charge in [0.15, 0.2) is 5.65 Å². The number of morpholine rings is 1. The van der Waals surface area contributed by atoms with Crippen LogP contribution in [0.2, 0.25) is 0 Å². The Kier molecular flexibility index (Phi) is 3.57. The van der Waals surface area contributed by atoms with E-state index < -0.39 is 0 Å². The molecule has 6 heteroatoms. The van der Waals surface area contributed by atoms with E-state index in [0.29, 0.717) is 0 Å². The van der Waals surface area contributed by atoms with Crippen molar-refractivity contribution < 1.29 is 4.74 Å². The number of ether oxygens (including phenoxy) is 1. The fourth-order valence-corrected chi connectivity index (χ4v) is 3.52. The van der Waals surface area contributed by atoms with Crippen LogP contribution in [0.1, 0.15) is 5.56 Å². The molecule has 1 aromatic carbocycles. The maximum absolute atomic E-state index is 5.42. The van der Waals surface area contributed by atoms with Gasteiger partial charge in [-0.15, -0.1) is 0 Å². The predicted molar refractivity (Wildman–Crippen MR) is 97.7 cm³/mol. The molecular formula is C19H19N5O. The van der Waals surface area contributed by atoms with Crippen molar-refractivity contribution >= 4 is 33.1 Å². The highest BCUT2D eigenvalue weighted by Gasteiger charge is 2.14. The molecule has 4 heterocycles. The zero-order valence-electron chi connectivity index (χ0n) is 13.9. The molecular weight excluding hydrogens is 314 g/mol. The maximum Gasteiger partial charge on any atom is 0.157 e. The van der Waals surface area contributed by atoms with E-state index in [1.54, 1.807) is 6.20 Å². The van der Waals surface area contributed by atoms with E-state index in [1.807, 2.05) is 18.3 Å².